The first-order valence-electron chi connectivity index (χ1n) is 10.2. The Kier molecular flexibility index (Phi) is 8.03. The van der Waals surface area contributed by atoms with E-state index in [1.165, 1.54) is 0 Å². The van der Waals surface area contributed by atoms with E-state index in [1.54, 1.807) is 45.0 Å². The number of hydrogen-bond donors (Lipinski definition) is 2. The molecule has 0 saturated heterocycles. The van der Waals surface area contributed by atoms with Crippen LogP contribution in [-0.4, -0.2) is 35.0 Å². The van der Waals surface area contributed by atoms with Gasteiger partial charge < -0.3 is 15.4 Å². The van der Waals surface area contributed by atoms with Crippen LogP contribution < -0.4 is 10.6 Å². The summed E-state index contributed by atoms with van der Waals surface area (Å²) in [5, 5.41) is 5.24. The predicted octanol–water partition coefficient (Wildman–Crippen LogP) is 3.93. The van der Waals surface area contributed by atoms with E-state index in [-0.39, 0.29) is 0 Å². The fourth-order valence-electron chi connectivity index (χ4n) is 2.92. The molecule has 7 heteroatoms. The van der Waals surface area contributed by atoms with E-state index in [4.69, 9.17) is 11.2 Å². The molecular weight excluding hydrogens is 406 g/mol. The third-order valence-corrected chi connectivity index (χ3v) is 4.49. The van der Waals surface area contributed by atoms with Gasteiger partial charge in [0.05, 0.1) is 0 Å². The Morgan fingerprint density at radius 3 is 2.25 bits per heavy atom. The fraction of sp³-hybridized carbons (Fsp3) is 0.320. The van der Waals surface area contributed by atoms with Crippen LogP contribution in [0.15, 0.2) is 48.5 Å². The molecule has 2 aromatic rings. The van der Waals surface area contributed by atoms with Crippen LogP contribution >= 0.6 is 0 Å². The Morgan fingerprint density at radius 2 is 1.69 bits per heavy atom. The van der Waals surface area contributed by atoms with E-state index >= 15 is 0 Å². The maximum absolute atomic E-state index is 13.3. The van der Waals surface area contributed by atoms with Crippen LogP contribution in [0.3, 0.4) is 0 Å². The van der Waals surface area contributed by atoms with Crippen LogP contribution in [0.1, 0.15) is 43.5 Å². The summed E-state index contributed by atoms with van der Waals surface area (Å²) in [6.07, 6.45) is 4.89. The second kappa shape index (κ2) is 10.5. The quantitative estimate of drug-likeness (QED) is 0.532. The zero-order valence-electron chi connectivity index (χ0n) is 19.1. The minimum atomic E-state index is -1.09. The average molecular weight is 436 g/mol. The Morgan fingerprint density at radius 1 is 1.06 bits per heavy atom. The third kappa shape index (κ3) is 6.88. The van der Waals surface area contributed by atoms with Gasteiger partial charge >= 0.3 is 6.09 Å². The number of benzene rings is 2. The number of carbonyl (C=O) groups excluding carboxylic acids is 3. The molecule has 1 unspecified atom stereocenters. The normalized spacial score (nSPS) is 11.6. The van der Waals surface area contributed by atoms with Gasteiger partial charge in [0.2, 0.25) is 0 Å². The molecule has 2 N–H and O–H groups in total. The molecule has 1 atom stereocenters. The van der Waals surface area contributed by atoms with Crippen molar-refractivity contribution in [3.63, 3.8) is 0 Å². The summed E-state index contributed by atoms with van der Waals surface area (Å²) >= 11 is 0. The van der Waals surface area contributed by atoms with Gasteiger partial charge in [-0.25, -0.2) is 4.79 Å². The lowest BCUT2D eigenvalue weighted by Crippen LogP contribution is -2.44. The number of aryl methyl sites for hydroxylation is 2. The smallest absolute Gasteiger partial charge is 0.408 e. The van der Waals surface area contributed by atoms with E-state index in [0.717, 1.165) is 16.0 Å². The largest absolute Gasteiger partial charge is 0.444 e. The van der Waals surface area contributed by atoms with Gasteiger partial charge in [0.1, 0.15) is 18.2 Å². The summed E-state index contributed by atoms with van der Waals surface area (Å²) < 4.78 is 5.15. The summed E-state index contributed by atoms with van der Waals surface area (Å²) in [6.45, 7) is 8.51. The first kappa shape index (κ1) is 24.5. The zero-order valence-corrected chi connectivity index (χ0v) is 19.1. The van der Waals surface area contributed by atoms with Crippen LogP contribution in [0.25, 0.3) is 0 Å². The van der Waals surface area contributed by atoms with Crippen molar-refractivity contribution in [2.45, 2.75) is 46.3 Å². The molecule has 2 rings (SSSR count). The van der Waals surface area contributed by atoms with Crippen molar-refractivity contribution in [3.05, 3.63) is 65.2 Å². The number of hydrogen-bond acceptors (Lipinski definition) is 4. The fourth-order valence-corrected chi connectivity index (χ4v) is 2.92. The lowest BCUT2D eigenvalue weighted by atomic mass is 10.0. The lowest BCUT2D eigenvalue weighted by Gasteiger charge is -2.27. The molecule has 0 spiro atoms. The van der Waals surface area contributed by atoms with Crippen LogP contribution in [0, 0.1) is 26.3 Å². The molecule has 7 nitrogen and oxygen atoms in total. The number of ether oxygens (including phenoxy) is 1. The summed E-state index contributed by atoms with van der Waals surface area (Å²) in [6, 6.07) is 15.7. The second-order valence-electron chi connectivity index (χ2n) is 8.37. The zero-order chi connectivity index (χ0) is 23.9. The molecule has 3 amide bonds. The Bertz CT molecular complexity index is 1020. The van der Waals surface area contributed by atoms with E-state index in [1.807, 2.05) is 38.1 Å². The highest BCUT2D eigenvalue weighted by Crippen LogP contribution is 2.24. The van der Waals surface area contributed by atoms with Crippen LogP contribution in [0.5, 0.6) is 0 Å². The number of nitrogens with zero attached hydrogens (tertiary/aromatic N) is 1. The van der Waals surface area contributed by atoms with Gasteiger partial charge in [0.25, 0.3) is 11.8 Å². The number of terminal acetylenes is 1. The number of para-hydroxylation sites is 1. The van der Waals surface area contributed by atoms with Gasteiger partial charge in [-0.05, 0) is 51.8 Å². The number of alkyl carbamates (subject to hydrolysis) is 1. The third-order valence-electron chi connectivity index (χ3n) is 4.49. The van der Waals surface area contributed by atoms with E-state index < -0.39 is 36.1 Å². The maximum Gasteiger partial charge on any atom is 0.408 e. The van der Waals surface area contributed by atoms with Crippen molar-refractivity contribution in [1.29, 1.82) is 0 Å². The van der Waals surface area contributed by atoms with E-state index in [2.05, 4.69) is 16.7 Å². The molecule has 0 aliphatic heterocycles. The molecule has 2 aromatic carbocycles. The Balaban J connectivity index is 2.28. The molecule has 0 radical (unpaired) electrons. The molecule has 0 bridgehead atoms. The molecule has 0 aromatic heterocycles. The Labute approximate surface area is 189 Å². The minimum absolute atomic E-state index is 0.418. The average Bonchev–Trinajstić information content (AvgIpc) is 2.71. The van der Waals surface area contributed by atoms with Crippen LogP contribution in [0.2, 0.25) is 0 Å². The second-order valence-corrected chi connectivity index (χ2v) is 8.37. The molecule has 0 aliphatic rings. The molecular formula is C25H29N3O4. The van der Waals surface area contributed by atoms with Crippen molar-refractivity contribution < 1.29 is 19.1 Å². The molecule has 0 saturated carbocycles. The number of carbonyl (C=O) groups is 3. The molecule has 168 valence electrons. The number of amides is 3. The van der Waals surface area contributed by atoms with Gasteiger partial charge in [-0.15, -0.1) is 0 Å². The van der Waals surface area contributed by atoms with Crippen molar-refractivity contribution >= 4 is 23.6 Å². The Hall–Kier alpha value is -3.79. The summed E-state index contributed by atoms with van der Waals surface area (Å²) in [5.41, 5.74) is 2.32. The van der Waals surface area contributed by atoms with Crippen molar-refractivity contribution in [2.24, 2.45) is 0 Å². The highest BCUT2D eigenvalue weighted by atomic mass is 16.6. The van der Waals surface area contributed by atoms with Gasteiger partial charge in [-0.3, -0.25) is 14.5 Å². The molecule has 0 fully saturated rings. The van der Waals surface area contributed by atoms with Gasteiger partial charge in [0.15, 0.2) is 0 Å². The van der Waals surface area contributed by atoms with Crippen molar-refractivity contribution in [1.82, 2.24) is 10.2 Å². The van der Waals surface area contributed by atoms with E-state index in [9.17, 15) is 14.4 Å². The topological polar surface area (TPSA) is 87.7 Å². The highest BCUT2D eigenvalue weighted by Gasteiger charge is 2.31. The lowest BCUT2D eigenvalue weighted by molar-refractivity contribution is -0.134. The predicted molar refractivity (Wildman–Crippen MR) is 124 cm³/mol. The number of nitrogens with one attached hydrogen (secondary N) is 2. The van der Waals surface area contributed by atoms with Crippen LogP contribution in [0.4, 0.5) is 10.5 Å². The van der Waals surface area contributed by atoms with Gasteiger partial charge in [-0.1, -0.05) is 54.5 Å². The number of anilines is 1. The summed E-state index contributed by atoms with van der Waals surface area (Å²) in [5.74, 6) is -1.09. The van der Waals surface area contributed by atoms with Gasteiger partial charge in [0, 0.05) is 11.7 Å². The SMILES string of the molecule is C#CN(C(=O)CNC(=O)OC(C)(C)C)C(C(=O)Nc1ccccc1C)c1ccc(C)cc1. The van der Waals surface area contributed by atoms with Crippen molar-refractivity contribution in [3.8, 4) is 12.5 Å². The minimum Gasteiger partial charge on any atom is -0.444 e. The molecule has 0 aliphatic carbocycles. The summed E-state index contributed by atoms with van der Waals surface area (Å²) in [7, 11) is 0. The monoisotopic (exact) mass is 435 g/mol. The van der Waals surface area contributed by atoms with Crippen molar-refractivity contribution in [2.75, 3.05) is 11.9 Å². The highest BCUT2D eigenvalue weighted by molar-refractivity contribution is 5.99. The first-order chi connectivity index (χ1) is 15.0. The van der Waals surface area contributed by atoms with E-state index in [0.29, 0.717) is 11.3 Å². The molecule has 0 heterocycles. The maximum atomic E-state index is 13.3. The first-order valence-corrected chi connectivity index (χ1v) is 10.2. The molecule has 32 heavy (non-hydrogen) atoms. The van der Waals surface area contributed by atoms with Gasteiger partial charge in [-0.2, -0.15) is 0 Å². The summed E-state index contributed by atoms with van der Waals surface area (Å²) in [4.78, 5) is 39.1. The van der Waals surface area contributed by atoms with Crippen LogP contribution in [-0.2, 0) is 14.3 Å². The standard InChI is InChI=1S/C25H29N3O4/c1-7-28(21(29)16-26-24(31)32-25(4,5)6)22(19-14-12-17(2)13-15-19)23(30)27-20-11-9-8-10-18(20)3/h1,8-15,22H,16H2,2-6H3,(H,26,31)(H,27,30). The number of rotatable bonds is 6.